The van der Waals surface area contributed by atoms with Crippen LogP contribution < -0.4 is 14.4 Å². The Hall–Kier alpha value is -2.01. The second kappa shape index (κ2) is 6.40. The molecule has 0 aliphatic carbocycles. The summed E-state index contributed by atoms with van der Waals surface area (Å²) in [5.41, 5.74) is 2.01. The zero-order valence-corrected chi connectivity index (χ0v) is 13.6. The molecule has 0 N–H and O–H groups in total. The zero-order valence-electron chi connectivity index (χ0n) is 12.8. The highest BCUT2D eigenvalue weighted by Gasteiger charge is 2.26. The maximum absolute atomic E-state index is 12.7. The lowest BCUT2D eigenvalue weighted by molar-refractivity contribution is -0.118. The summed E-state index contributed by atoms with van der Waals surface area (Å²) < 4.78 is 10.8. The number of fused-ring (bicyclic) bond motifs is 1. The molecule has 0 spiro atoms. The van der Waals surface area contributed by atoms with Crippen molar-refractivity contribution in [2.75, 3.05) is 25.7 Å². The maximum atomic E-state index is 12.7. The number of thiophene rings is 1. The van der Waals surface area contributed by atoms with Crippen LogP contribution in [0.25, 0.3) is 0 Å². The van der Waals surface area contributed by atoms with Crippen molar-refractivity contribution in [2.24, 2.45) is 0 Å². The largest absolute Gasteiger partial charge is 0.497 e. The van der Waals surface area contributed by atoms with Gasteiger partial charge in [-0.25, -0.2) is 0 Å². The van der Waals surface area contributed by atoms with Crippen LogP contribution in [0.1, 0.15) is 16.9 Å². The molecule has 2 aromatic rings. The molecule has 0 saturated carbocycles. The summed E-state index contributed by atoms with van der Waals surface area (Å²) in [6.45, 7) is 0.744. The van der Waals surface area contributed by atoms with E-state index in [9.17, 15) is 4.79 Å². The van der Waals surface area contributed by atoms with E-state index < -0.39 is 0 Å². The fourth-order valence-corrected chi connectivity index (χ4v) is 3.55. The molecule has 0 saturated heterocycles. The van der Waals surface area contributed by atoms with E-state index >= 15 is 0 Å². The molecule has 4 nitrogen and oxygen atoms in total. The van der Waals surface area contributed by atoms with Gasteiger partial charge in [0, 0.05) is 29.1 Å². The molecule has 1 aliphatic rings. The van der Waals surface area contributed by atoms with E-state index in [2.05, 4.69) is 0 Å². The minimum atomic E-state index is 0.124. The smallest absolute Gasteiger partial charge is 0.232 e. The van der Waals surface area contributed by atoms with Crippen molar-refractivity contribution in [3.8, 4) is 11.5 Å². The molecule has 1 amide bonds. The van der Waals surface area contributed by atoms with Crippen LogP contribution in [-0.4, -0.2) is 26.7 Å². The summed E-state index contributed by atoms with van der Waals surface area (Å²) in [6.07, 6.45) is 2.31. The predicted octanol–water partition coefficient (Wildman–Crippen LogP) is 3.29. The Morgan fingerprint density at radius 1 is 1.32 bits per heavy atom. The van der Waals surface area contributed by atoms with Gasteiger partial charge in [-0.3, -0.25) is 4.79 Å². The lowest BCUT2D eigenvalue weighted by Crippen LogP contribution is -2.36. The van der Waals surface area contributed by atoms with Gasteiger partial charge in [0.05, 0.1) is 26.3 Å². The minimum absolute atomic E-state index is 0.124. The van der Waals surface area contributed by atoms with Gasteiger partial charge in [-0.05, 0) is 24.3 Å². The number of amides is 1. The number of hydrogen-bond donors (Lipinski definition) is 0. The summed E-state index contributed by atoms with van der Waals surface area (Å²) in [4.78, 5) is 15.6. The van der Waals surface area contributed by atoms with Crippen LogP contribution in [0.3, 0.4) is 0 Å². The van der Waals surface area contributed by atoms with E-state index in [0.29, 0.717) is 12.2 Å². The van der Waals surface area contributed by atoms with Crippen molar-refractivity contribution in [1.29, 1.82) is 0 Å². The first-order valence-electron chi connectivity index (χ1n) is 7.30. The molecule has 2 heterocycles. The van der Waals surface area contributed by atoms with Crippen LogP contribution in [0.5, 0.6) is 11.5 Å². The van der Waals surface area contributed by atoms with Gasteiger partial charge in [0.15, 0.2) is 0 Å². The molecular weight excluding hydrogens is 298 g/mol. The number of carbonyl (C=O) groups is 1. The molecule has 116 valence electrons. The lowest BCUT2D eigenvalue weighted by atomic mass is 9.99. The molecule has 0 unspecified atom stereocenters. The van der Waals surface area contributed by atoms with Gasteiger partial charge in [0.1, 0.15) is 11.5 Å². The third-order valence-corrected chi connectivity index (χ3v) is 4.80. The predicted molar refractivity (Wildman–Crippen MR) is 88.2 cm³/mol. The van der Waals surface area contributed by atoms with Gasteiger partial charge in [-0.15, -0.1) is 11.3 Å². The third kappa shape index (κ3) is 2.81. The van der Waals surface area contributed by atoms with Crippen molar-refractivity contribution in [2.45, 2.75) is 19.3 Å². The molecule has 22 heavy (non-hydrogen) atoms. The van der Waals surface area contributed by atoms with Gasteiger partial charge >= 0.3 is 0 Å². The van der Waals surface area contributed by atoms with E-state index in [0.717, 1.165) is 41.3 Å². The summed E-state index contributed by atoms with van der Waals surface area (Å²) in [6, 6.07) is 7.79. The molecule has 1 aromatic heterocycles. The Balaban J connectivity index is 1.94. The quantitative estimate of drug-likeness (QED) is 0.868. The van der Waals surface area contributed by atoms with Crippen LogP contribution in [0.15, 0.2) is 29.6 Å². The first kappa shape index (κ1) is 14.9. The van der Waals surface area contributed by atoms with Gasteiger partial charge in [0.25, 0.3) is 0 Å². The fourth-order valence-electron chi connectivity index (χ4n) is 2.85. The first-order chi connectivity index (χ1) is 10.7. The van der Waals surface area contributed by atoms with E-state index in [4.69, 9.17) is 9.47 Å². The van der Waals surface area contributed by atoms with Crippen LogP contribution >= 0.6 is 11.3 Å². The fraction of sp³-hybridized carbons (Fsp3) is 0.353. The highest BCUT2D eigenvalue weighted by Crippen LogP contribution is 2.38. The maximum Gasteiger partial charge on any atom is 0.232 e. The van der Waals surface area contributed by atoms with Gasteiger partial charge < -0.3 is 14.4 Å². The molecular formula is C17H19NO3S. The van der Waals surface area contributed by atoms with Crippen LogP contribution in [0, 0.1) is 0 Å². The van der Waals surface area contributed by atoms with Gasteiger partial charge in [0.2, 0.25) is 5.91 Å². The van der Waals surface area contributed by atoms with Crippen molar-refractivity contribution in [1.82, 2.24) is 0 Å². The number of methoxy groups -OCH3 is 2. The van der Waals surface area contributed by atoms with Gasteiger partial charge in [-0.2, -0.15) is 0 Å². The molecule has 0 fully saturated rings. The molecule has 0 atom stereocenters. The molecule has 0 bridgehead atoms. The second-order valence-corrected chi connectivity index (χ2v) is 6.26. The Morgan fingerprint density at radius 2 is 2.18 bits per heavy atom. The van der Waals surface area contributed by atoms with E-state index in [-0.39, 0.29) is 5.91 Å². The standard InChI is InChI=1S/C17H19NO3S/c1-20-12-9-15-14(16(10-12)21-2)6-3-7-18(15)17(19)11-13-5-4-8-22-13/h4-5,8-10H,3,6-7,11H2,1-2H3. The SMILES string of the molecule is COc1cc(OC)c2c(c1)N(C(=O)Cc1cccs1)CCC2. The van der Waals surface area contributed by atoms with Crippen molar-refractivity contribution >= 4 is 22.9 Å². The lowest BCUT2D eigenvalue weighted by Gasteiger charge is -2.31. The highest BCUT2D eigenvalue weighted by molar-refractivity contribution is 7.10. The summed E-state index contributed by atoms with van der Waals surface area (Å²) in [7, 11) is 3.28. The monoisotopic (exact) mass is 317 g/mol. The van der Waals surface area contributed by atoms with Gasteiger partial charge in [-0.1, -0.05) is 6.07 Å². The number of anilines is 1. The van der Waals surface area contributed by atoms with E-state index in [1.54, 1.807) is 25.6 Å². The molecule has 0 radical (unpaired) electrons. The minimum Gasteiger partial charge on any atom is -0.497 e. The Morgan fingerprint density at radius 3 is 2.86 bits per heavy atom. The van der Waals surface area contributed by atoms with Crippen LogP contribution in [-0.2, 0) is 17.6 Å². The number of carbonyl (C=O) groups excluding carboxylic acids is 1. The summed E-state index contributed by atoms with van der Waals surface area (Å²) in [5.74, 6) is 1.63. The average molecular weight is 317 g/mol. The molecule has 1 aromatic carbocycles. The highest BCUT2D eigenvalue weighted by atomic mass is 32.1. The van der Waals surface area contributed by atoms with Crippen LogP contribution in [0.2, 0.25) is 0 Å². The zero-order chi connectivity index (χ0) is 15.5. The van der Waals surface area contributed by atoms with Crippen molar-refractivity contribution < 1.29 is 14.3 Å². The first-order valence-corrected chi connectivity index (χ1v) is 8.18. The number of ether oxygens (including phenoxy) is 2. The number of benzene rings is 1. The van der Waals surface area contributed by atoms with Crippen molar-refractivity contribution in [3.63, 3.8) is 0 Å². The Labute approximate surface area is 134 Å². The molecule has 3 rings (SSSR count). The van der Waals surface area contributed by atoms with E-state index in [1.807, 2.05) is 34.5 Å². The third-order valence-electron chi connectivity index (χ3n) is 3.92. The van der Waals surface area contributed by atoms with E-state index in [1.165, 1.54) is 0 Å². The molecule has 1 aliphatic heterocycles. The summed E-state index contributed by atoms with van der Waals surface area (Å²) in [5, 5.41) is 2.00. The summed E-state index contributed by atoms with van der Waals surface area (Å²) >= 11 is 1.61. The normalized spacial score (nSPS) is 13.6. The number of hydrogen-bond acceptors (Lipinski definition) is 4. The Kier molecular flexibility index (Phi) is 4.34. The number of rotatable bonds is 4. The average Bonchev–Trinajstić information content (AvgIpc) is 3.05. The topological polar surface area (TPSA) is 38.8 Å². The second-order valence-electron chi connectivity index (χ2n) is 5.23. The number of nitrogens with zero attached hydrogens (tertiary/aromatic N) is 1. The molecule has 5 heteroatoms. The van der Waals surface area contributed by atoms with Crippen LogP contribution in [0.4, 0.5) is 5.69 Å². The Bertz CT molecular complexity index is 667. The van der Waals surface area contributed by atoms with Crippen molar-refractivity contribution in [3.05, 3.63) is 40.1 Å².